The molecule has 0 radical (unpaired) electrons. The van der Waals surface area contributed by atoms with E-state index in [9.17, 15) is 13.2 Å². The SMILES string of the molecule is FC(F)(F)c1cccc(-c2nc(Cl)cc(NCCc3ccccn3)n2)c1. The monoisotopic (exact) mass is 378 g/mol. The second kappa shape index (κ2) is 7.70. The Morgan fingerprint density at radius 2 is 1.85 bits per heavy atom. The average molecular weight is 379 g/mol. The minimum Gasteiger partial charge on any atom is -0.370 e. The van der Waals surface area contributed by atoms with E-state index in [0.29, 0.717) is 18.8 Å². The minimum absolute atomic E-state index is 0.129. The molecule has 4 nitrogen and oxygen atoms in total. The van der Waals surface area contributed by atoms with Gasteiger partial charge in [-0.15, -0.1) is 0 Å². The Balaban J connectivity index is 1.77. The van der Waals surface area contributed by atoms with E-state index in [2.05, 4.69) is 20.3 Å². The van der Waals surface area contributed by atoms with Crippen LogP contribution in [-0.2, 0) is 12.6 Å². The number of anilines is 1. The molecule has 26 heavy (non-hydrogen) atoms. The van der Waals surface area contributed by atoms with Crippen molar-refractivity contribution >= 4 is 17.4 Å². The second-order valence-electron chi connectivity index (χ2n) is 5.48. The maximum absolute atomic E-state index is 12.9. The van der Waals surface area contributed by atoms with Gasteiger partial charge in [-0.1, -0.05) is 29.8 Å². The summed E-state index contributed by atoms with van der Waals surface area (Å²) in [6.07, 6.45) is -2.05. The summed E-state index contributed by atoms with van der Waals surface area (Å²) in [5.74, 6) is 0.567. The summed E-state index contributed by atoms with van der Waals surface area (Å²) < 4.78 is 38.7. The number of rotatable bonds is 5. The molecule has 0 saturated carbocycles. The van der Waals surface area contributed by atoms with Crippen molar-refractivity contribution in [2.75, 3.05) is 11.9 Å². The molecule has 0 spiro atoms. The van der Waals surface area contributed by atoms with Crippen LogP contribution >= 0.6 is 11.6 Å². The molecule has 3 rings (SSSR count). The van der Waals surface area contributed by atoms with E-state index < -0.39 is 11.7 Å². The molecule has 1 N–H and O–H groups in total. The van der Waals surface area contributed by atoms with Gasteiger partial charge >= 0.3 is 6.18 Å². The molecule has 0 saturated heterocycles. The second-order valence-corrected chi connectivity index (χ2v) is 5.86. The third kappa shape index (κ3) is 4.70. The fraction of sp³-hybridized carbons (Fsp3) is 0.167. The molecule has 0 aliphatic rings. The Kier molecular flexibility index (Phi) is 5.37. The average Bonchev–Trinajstić information content (AvgIpc) is 2.62. The summed E-state index contributed by atoms with van der Waals surface area (Å²) in [7, 11) is 0. The lowest BCUT2D eigenvalue weighted by Crippen LogP contribution is -2.08. The fourth-order valence-corrected chi connectivity index (χ4v) is 2.52. The van der Waals surface area contributed by atoms with Gasteiger partial charge in [0.05, 0.1) is 5.56 Å². The summed E-state index contributed by atoms with van der Waals surface area (Å²) >= 11 is 6.00. The molecule has 0 amide bonds. The lowest BCUT2D eigenvalue weighted by Gasteiger charge is -2.10. The van der Waals surface area contributed by atoms with Crippen molar-refractivity contribution in [1.82, 2.24) is 15.0 Å². The zero-order chi connectivity index (χ0) is 18.6. The third-order valence-electron chi connectivity index (χ3n) is 3.56. The first-order valence-corrected chi connectivity index (χ1v) is 8.15. The first kappa shape index (κ1) is 18.1. The number of pyridine rings is 1. The molecule has 0 unspecified atom stereocenters. The van der Waals surface area contributed by atoms with Gasteiger partial charge in [0, 0.05) is 36.5 Å². The normalized spacial score (nSPS) is 11.4. The molecule has 8 heteroatoms. The molecule has 0 bridgehead atoms. The Hall–Kier alpha value is -2.67. The van der Waals surface area contributed by atoms with Crippen molar-refractivity contribution in [2.45, 2.75) is 12.6 Å². The number of nitrogens with one attached hydrogen (secondary N) is 1. The third-order valence-corrected chi connectivity index (χ3v) is 3.75. The number of benzene rings is 1. The summed E-state index contributed by atoms with van der Waals surface area (Å²) in [6, 6.07) is 12.0. The Bertz CT molecular complexity index is 885. The maximum Gasteiger partial charge on any atom is 0.416 e. The van der Waals surface area contributed by atoms with Crippen LogP contribution in [0.4, 0.5) is 19.0 Å². The Morgan fingerprint density at radius 3 is 2.58 bits per heavy atom. The van der Waals surface area contributed by atoms with Crippen LogP contribution in [-0.4, -0.2) is 21.5 Å². The van der Waals surface area contributed by atoms with Gasteiger partial charge in [-0.25, -0.2) is 9.97 Å². The minimum atomic E-state index is -4.43. The number of hydrogen-bond donors (Lipinski definition) is 1. The van der Waals surface area contributed by atoms with Crippen LogP contribution in [0, 0.1) is 0 Å². The van der Waals surface area contributed by atoms with Crippen LogP contribution in [0.15, 0.2) is 54.7 Å². The van der Waals surface area contributed by atoms with E-state index in [1.807, 2.05) is 18.2 Å². The smallest absolute Gasteiger partial charge is 0.370 e. The first-order chi connectivity index (χ1) is 12.4. The number of halogens is 4. The number of nitrogens with zero attached hydrogens (tertiary/aromatic N) is 3. The molecular weight excluding hydrogens is 365 g/mol. The quantitative estimate of drug-likeness (QED) is 0.644. The summed E-state index contributed by atoms with van der Waals surface area (Å²) in [6.45, 7) is 0.548. The van der Waals surface area contributed by atoms with Gasteiger partial charge < -0.3 is 5.32 Å². The summed E-state index contributed by atoms with van der Waals surface area (Å²) in [4.78, 5) is 12.5. The van der Waals surface area contributed by atoms with Crippen LogP contribution in [0.3, 0.4) is 0 Å². The van der Waals surface area contributed by atoms with Crippen LogP contribution in [0.25, 0.3) is 11.4 Å². The zero-order valence-corrected chi connectivity index (χ0v) is 14.2. The van der Waals surface area contributed by atoms with Crippen molar-refractivity contribution in [3.63, 3.8) is 0 Å². The van der Waals surface area contributed by atoms with E-state index in [1.165, 1.54) is 18.2 Å². The predicted octanol–water partition coefficient (Wildman–Crippen LogP) is 4.87. The lowest BCUT2D eigenvalue weighted by atomic mass is 10.1. The summed E-state index contributed by atoms with van der Waals surface area (Å²) in [5, 5.41) is 3.24. The van der Waals surface area contributed by atoms with Crippen LogP contribution < -0.4 is 5.32 Å². The van der Waals surface area contributed by atoms with E-state index in [-0.39, 0.29) is 16.5 Å². The molecule has 1 aromatic carbocycles. The highest BCUT2D eigenvalue weighted by atomic mass is 35.5. The number of aromatic nitrogens is 3. The number of hydrogen-bond acceptors (Lipinski definition) is 4. The van der Waals surface area contributed by atoms with Crippen molar-refractivity contribution in [2.24, 2.45) is 0 Å². The Morgan fingerprint density at radius 1 is 1.00 bits per heavy atom. The molecule has 2 aromatic heterocycles. The largest absolute Gasteiger partial charge is 0.416 e. The van der Waals surface area contributed by atoms with Crippen molar-refractivity contribution in [3.05, 3.63) is 71.1 Å². The highest BCUT2D eigenvalue weighted by Gasteiger charge is 2.30. The van der Waals surface area contributed by atoms with E-state index in [4.69, 9.17) is 11.6 Å². The van der Waals surface area contributed by atoms with Crippen molar-refractivity contribution in [3.8, 4) is 11.4 Å². The van der Waals surface area contributed by atoms with E-state index in [1.54, 1.807) is 6.20 Å². The summed E-state index contributed by atoms with van der Waals surface area (Å²) in [5.41, 5.74) is 0.400. The molecule has 0 fully saturated rings. The van der Waals surface area contributed by atoms with Gasteiger partial charge in [0.2, 0.25) is 0 Å². The van der Waals surface area contributed by atoms with Gasteiger partial charge in [0.15, 0.2) is 5.82 Å². The molecule has 3 aromatic rings. The molecule has 134 valence electrons. The zero-order valence-electron chi connectivity index (χ0n) is 13.5. The Labute approximate surface area is 153 Å². The molecule has 0 aliphatic heterocycles. The van der Waals surface area contributed by atoms with Gasteiger partial charge in [-0.05, 0) is 24.3 Å². The topological polar surface area (TPSA) is 50.7 Å². The predicted molar refractivity (Wildman–Crippen MR) is 93.9 cm³/mol. The van der Waals surface area contributed by atoms with Gasteiger partial charge in [0.1, 0.15) is 11.0 Å². The molecule has 0 atom stereocenters. The van der Waals surface area contributed by atoms with Crippen molar-refractivity contribution in [1.29, 1.82) is 0 Å². The number of alkyl halides is 3. The van der Waals surface area contributed by atoms with Gasteiger partial charge in [-0.3, -0.25) is 4.98 Å². The van der Waals surface area contributed by atoms with E-state index >= 15 is 0 Å². The fourth-order valence-electron chi connectivity index (χ4n) is 2.34. The maximum atomic E-state index is 12.9. The van der Waals surface area contributed by atoms with Crippen molar-refractivity contribution < 1.29 is 13.2 Å². The highest BCUT2D eigenvalue weighted by Crippen LogP contribution is 2.31. The van der Waals surface area contributed by atoms with Crippen LogP contribution in [0.5, 0.6) is 0 Å². The molecule has 2 heterocycles. The van der Waals surface area contributed by atoms with Crippen LogP contribution in [0.2, 0.25) is 5.15 Å². The lowest BCUT2D eigenvalue weighted by molar-refractivity contribution is -0.137. The van der Waals surface area contributed by atoms with Gasteiger partial charge in [-0.2, -0.15) is 13.2 Å². The van der Waals surface area contributed by atoms with Gasteiger partial charge in [0.25, 0.3) is 0 Å². The standard InChI is InChI=1S/C18H14ClF3N4/c19-15-11-16(24-9-7-14-6-1-2-8-23-14)26-17(25-15)12-4-3-5-13(10-12)18(20,21)22/h1-6,8,10-11H,7,9H2,(H,24,25,26). The molecular formula is C18H14ClF3N4. The molecule has 0 aliphatic carbocycles. The highest BCUT2D eigenvalue weighted by molar-refractivity contribution is 6.29. The van der Waals surface area contributed by atoms with Crippen LogP contribution in [0.1, 0.15) is 11.3 Å². The first-order valence-electron chi connectivity index (χ1n) is 7.78. The van der Waals surface area contributed by atoms with E-state index in [0.717, 1.165) is 17.8 Å².